The van der Waals surface area contributed by atoms with Crippen LogP contribution in [-0.2, 0) is 4.79 Å². The van der Waals surface area contributed by atoms with E-state index >= 15 is 0 Å². The van der Waals surface area contributed by atoms with Crippen molar-refractivity contribution < 1.29 is 9.32 Å². The number of benzene rings is 1. The smallest absolute Gasteiger partial charge is 0.240 e. The third-order valence-corrected chi connectivity index (χ3v) is 3.41. The molecule has 1 aromatic heterocycles. The average Bonchev–Trinajstić information content (AvgIpc) is 3.11. The molecule has 104 valence electrons. The summed E-state index contributed by atoms with van der Waals surface area (Å²) in [6.45, 7) is 2.42. The molecule has 0 radical (unpaired) electrons. The van der Waals surface area contributed by atoms with Gasteiger partial charge in [-0.3, -0.25) is 15.0 Å². The molecule has 1 amide bonds. The van der Waals surface area contributed by atoms with Crippen LogP contribution in [-0.4, -0.2) is 35.6 Å². The fourth-order valence-corrected chi connectivity index (χ4v) is 2.40. The third kappa shape index (κ3) is 3.05. The summed E-state index contributed by atoms with van der Waals surface area (Å²) in [4.78, 5) is 14.0. The Morgan fingerprint density at radius 3 is 2.75 bits per heavy atom. The number of amides is 1. The molecule has 0 spiro atoms. The van der Waals surface area contributed by atoms with Gasteiger partial charge >= 0.3 is 0 Å². The van der Waals surface area contributed by atoms with Crippen molar-refractivity contribution in [1.29, 1.82) is 0 Å². The van der Waals surface area contributed by atoms with Crippen LogP contribution in [0.15, 0.2) is 40.9 Å². The molecule has 2 aromatic rings. The van der Waals surface area contributed by atoms with E-state index in [-0.39, 0.29) is 5.91 Å². The highest BCUT2D eigenvalue weighted by Gasteiger charge is 2.16. The first kappa shape index (κ1) is 12.9. The summed E-state index contributed by atoms with van der Waals surface area (Å²) in [6, 6.07) is 11.5. The minimum Gasteiger partial charge on any atom is -0.338 e. The molecule has 0 unspecified atom stereocenters. The maximum Gasteiger partial charge on any atom is 0.240 e. The Bertz CT molecular complexity index is 574. The average molecular weight is 271 g/mol. The molecule has 5 nitrogen and oxygen atoms in total. The van der Waals surface area contributed by atoms with Crippen LogP contribution in [0.1, 0.15) is 12.8 Å². The highest BCUT2D eigenvalue weighted by molar-refractivity contribution is 5.91. The minimum atomic E-state index is -0.0531. The zero-order chi connectivity index (χ0) is 13.8. The van der Waals surface area contributed by atoms with E-state index in [1.807, 2.05) is 30.3 Å². The molecule has 1 saturated heterocycles. The van der Waals surface area contributed by atoms with Crippen molar-refractivity contribution in [3.63, 3.8) is 0 Å². The lowest BCUT2D eigenvalue weighted by Gasteiger charge is -2.12. The van der Waals surface area contributed by atoms with E-state index in [0.29, 0.717) is 12.4 Å². The second kappa shape index (κ2) is 5.88. The Labute approximate surface area is 117 Å². The zero-order valence-corrected chi connectivity index (χ0v) is 11.2. The van der Waals surface area contributed by atoms with Crippen LogP contribution in [0.2, 0.25) is 0 Å². The van der Waals surface area contributed by atoms with Gasteiger partial charge in [-0.15, -0.1) is 0 Å². The fourth-order valence-electron chi connectivity index (χ4n) is 2.40. The van der Waals surface area contributed by atoms with Crippen LogP contribution >= 0.6 is 0 Å². The van der Waals surface area contributed by atoms with Gasteiger partial charge in [0.05, 0.1) is 6.54 Å². The first-order valence-corrected chi connectivity index (χ1v) is 6.85. The fraction of sp³-hybridized carbons (Fsp3) is 0.333. The van der Waals surface area contributed by atoms with Crippen molar-refractivity contribution in [2.45, 2.75) is 12.8 Å². The molecule has 20 heavy (non-hydrogen) atoms. The minimum absolute atomic E-state index is 0.0531. The summed E-state index contributed by atoms with van der Waals surface area (Å²) in [5, 5.41) is 6.72. The number of anilines is 1. The van der Waals surface area contributed by atoms with E-state index in [2.05, 4.69) is 15.4 Å². The number of carbonyl (C=O) groups is 1. The Hall–Kier alpha value is -2.14. The zero-order valence-electron chi connectivity index (χ0n) is 11.2. The first-order chi connectivity index (χ1) is 9.81. The molecule has 1 aliphatic rings. The quantitative estimate of drug-likeness (QED) is 0.927. The summed E-state index contributed by atoms with van der Waals surface area (Å²) in [5.41, 5.74) is 1.69. The molecular weight excluding hydrogens is 254 g/mol. The number of hydrogen-bond donors (Lipinski definition) is 1. The molecule has 1 N–H and O–H groups in total. The van der Waals surface area contributed by atoms with E-state index < -0.39 is 0 Å². The maximum absolute atomic E-state index is 11.9. The number of nitrogens with one attached hydrogen (secondary N) is 1. The van der Waals surface area contributed by atoms with Crippen LogP contribution in [0, 0.1) is 0 Å². The molecule has 2 heterocycles. The van der Waals surface area contributed by atoms with Gasteiger partial charge in [0.2, 0.25) is 11.8 Å². The number of carbonyl (C=O) groups excluding carboxylic acids is 1. The van der Waals surface area contributed by atoms with E-state index in [1.165, 1.54) is 12.8 Å². The van der Waals surface area contributed by atoms with Gasteiger partial charge < -0.3 is 4.52 Å². The van der Waals surface area contributed by atoms with Crippen LogP contribution in [0.25, 0.3) is 11.3 Å². The molecule has 1 aromatic carbocycles. The van der Waals surface area contributed by atoms with Gasteiger partial charge in [0.15, 0.2) is 0 Å². The van der Waals surface area contributed by atoms with Gasteiger partial charge in [0.1, 0.15) is 5.69 Å². The summed E-state index contributed by atoms with van der Waals surface area (Å²) >= 11 is 0. The molecule has 0 aliphatic carbocycles. The van der Waals surface area contributed by atoms with E-state index in [4.69, 9.17) is 4.52 Å². The summed E-state index contributed by atoms with van der Waals surface area (Å²) < 4.78 is 5.15. The van der Waals surface area contributed by atoms with Crippen molar-refractivity contribution in [2.75, 3.05) is 25.0 Å². The second-order valence-corrected chi connectivity index (χ2v) is 4.97. The Morgan fingerprint density at radius 1 is 1.25 bits per heavy atom. The topological polar surface area (TPSA) is 58.4 Å². The Kier molecular flexibility index (Phi) is 3.78. The standard InChI is InChI=1S/C15H17N3O2/c19-14(11-18-8-4-5-9-18)16-15-10-13(17-20-15)12-6-2-1-3-7-12/h1-3,6-7,10H,4-5,8-9,11H2,(H,16,19). The van der Waals surface area contributed by atoms with Crippen molar-refractivity contribution in [3.05, 3.63) is 36.4 Å². The van der Waals surface area contributed by atoms with Crippen molar-refractivity contribution in [3.8, 4) is 11.3 Å². The van der Waals surface area contributed by atoms with Gasteiger partial charge in [-0.05, 0) is 25.9 Å². The van der Waals surface area contributed by atoms with Gasteiger partial charge in [0.25, 0.3) is 0 Å². The van der Waals surface area contributed by atoms with Crippen LogP contribution in [0.4, 0.5) is 5.88 Å². The van der Waals surface area contributed by atoms with E-state index in [1.54, 1.807) is 6.07 Å². The Balaban J connectivity index is 1.61. The van der Waals surface area contributed by atoms with Crippen LogP contribution < -0.4 is 5.32 Å². The number of nitrogens with zero attached hydrogens (tertiary/aromatic N) is 2. The number of aromatic nitrogens is 1. The van der Waals surface area contributed by atoms with E-state index in [9.17, 15) is 4.79 Å². The normalized spacial score (nSPS) is 15.4. The number of likely N-dealkylation sites (tertiary alicyclic amines) is 1. The van der Waals surface area contributed by atoms with Gasteiger partial charge in [-0.2, -0.15) is 0 Å². The SMILES string of the molecule is O=C(CN1CCCC1)Nc1cc(-c2ccccc2)no1. The molecule has 0 saturated carbocycles. The third-order valence-electron chi connectivity index (χ3n) is 3.41. The molecule has 1 aliphatic heterocycles. The summed E-state index contributed by atoms with van der Waals surface area (Å²) in [7, 11) is 0. The molecule has 0 atom stereocenters. The van der Waals surface area contributed by atoms with Crippen LogP contribution in [0.5, 0.6) is 0 Å². The lowest BCUT2D eigenvalue weighted by atomic mass is 10.2. The maximum atomic E-state index is 11.9. The molecule has 3 rings (SSSR count). The second-order valence-electron chi connectivity index (χ2n) is 4.97. The monoisotopic (exact) mass is 271 g/mol. The van der Waals surface area contributed by atoms with Crippen molar-refractivity contribution in [2.24, 2.45) is 0 Å². The van der Waals surface area contributed by atoms with Crippen LogP contribution in [0.3, 0.4) is 0 Å². The lowest BCUT2D eigenvalue weighted by molar-refractivity contribution is -0.117. The lowest BCUT2D eigenvalue weighted by Crippen LogP contribution is -2.30. The first-order valence-electron chi connectivity index (χ1n) is 6.85. The molecular formula is C15H17N3O2. The molecule has 1 fully saturated rings. The molecule has 5 heteroatoms. The summed E-state index contributed by atoms with van der Waals surface area (Å²) in [6.07, 6.45) is 2.35. The van der Waals surface area contributed by atoms with Gasteiger partial charge in [0, 0.05) is 11.6 Å². The van der Waals surface area contributed by atoms with Gasteiger partial charge in [-0.1, -0.05) is 35.5 Å². The predicted molar refractivity (Wildman–Crippen MR) is 76.2 cm³/mol. The molecule has 0 bridgehead atoms. The largest absolute Gasteiger partial charge is 0.338 e. The highest BCUT2D eigenvalue weighted by Crippen LogP contribution is 2.21. The number of hydrogen-bond acceptors (Lipinski definition) is 4. The predicted octanol–water partition coefficient (Wildman–Crippen LogP) is 2.38. The number of rotatable bonds is 4. The Morgan fingerprint density at radius 2 is 2.00 bits per heavy atom. The van der Waals surface area contributed by atoms with Crippen molar-refractivity contribution in [1.82, 2.24) is 10.1 Å². The highest BCUT2D eigenvalue weighted by atomic mass is 16.5. The van der Waals surface area contributed by atoms with E-state index in [0.717, 1.165) is 24.3 Å². The van der Waals surface area contributed by atoms with Crippen molar-refractivity contribution >= 4 is 11.8 Å². The van der Waals surface area contributed by atoms with Gasteiger partial charge in [-0.25, -0.2) is 0 Å². The summed E-state index contributed by atoms with van der Waals surface area (Å²) in [5.74, 6) is 0.343.